The Morgan fingerprint density at radius 2 is 1.93 bits per heavy atom. The number of carbonyl (C=O) groups is 2. The van der Waals surface area contributed by atoms with Crippen LogP contribution in [0.1, 0.15) is 59.4 Å². The number of benzene rings is 1. The lowest BCUT2D eigenvalue weighted by molar-refractivity contribution is -0.163. The molecule has 1 aliphatic heterocycles. The van der Waals surface area contributed by atoms with Crippen LogP contribution in [0.25, 0.3) is 0 Å². The van der Waals surface area contributed by atoms with Crippen molar-refractivity contribution in [1.82, 2.24) is 10.2 Å². The molecule has 0 bridgehead atoms. The minimum absolute atomic E-state index is 0.167. The molecule has 1 amide bonds. The zero-order valence-corrected chi connectivity index (χ0v) is 18.2. The first-order valence-corrected chi connectivity index (χ1v) is 10.3. The molecule has 0 aromatic heterocycles. The van der Waals surface area contributed by atoms with Crippen LogP contribution in [0.2, 0.25) is 0 Å². The van der Waals surface area contributed by atoms with Gasteiger partial charge >= 0.3 is 5.97 Å². The van der Waals surface area contributed by atoms with Gasteiger partial charge in [-0.15, -0.1) is 0 Å². The van der Waals surface area contributed by atoms with Gasteiger partial charge in [-0.05, 0) is 65.9 Å². The van der Waals surface area contributed by atoms with E-state index in [9.17, 15) is 14.9 Å². The van der Waals surface area contributed by atoms with Crippen molar-refractivity contribution in [2.24, 2.45) is 0 Å². The Bertz CT molecular complexity index is 751. The first kappa shape index (κ1) is 22.9. The summed E-state index contributed by atoms with van der Waals surface area (Å²) in [5.74, 6) is -0.526. The van der Waals surface area contributed by atoms with Gasteiger partial charge in [0.1, 0.15) is 17.2 Å². The Hall–Kier alpha value is -2.39. The van der Waals surface area contributed by atoms with E-state index in [4.69, 9.17) is 4.74 Å². The second-order valence-corrected chi connectivity index (χ2v) is 9.02. The van der Waals surface area contributed by atoms with E-state index in [1.165, 1.54) is 0 Å². The van der Waals surface area contributed by atoms with Crippen LogP contribution in [0, 0.1) is 11.3 Å². The lowest BCUT2D eigenvalue weighted by Gasteiger charge is -2.32. The highest BCUT2D eigenvalue weighted by atomic mass is 16.6. The molecule has 0 radical (unpaired) electrons. The highest BCUT2D eigenvalue weighted by molar-refractivity contribution is 5.88. The van der Waals surface area contributed by atoms with E-state index < -0.39 is 23.2 Å². The minimum Gasteiger partial charge on any atom is -0.458 e. The van der Waals surface area contributed by atoms with Crippen molar-refractivity contribution in [2.45, 2.75) is 83.5 Å². The summed E-state index contributed by atoms with van der Waals surface area (Å²) in [6.45, 7) is 9.56. The molecule has 1 N–H and O–H groups in total. The van der Waals surface area contributed by atoms with Crippen LogP contribution in [0.3, 0.4) is 0 Å². The van der Waals surface area contributed by atoms with E-state index in [1.54, 1.807) is 11.8 Å². The van der Waals surface area contributed by atoms with Crippen molar-refractivity contribution < 1.29 is 14.3 Å². The van der Waals surface area contributed by atoms with Crippen LogP contribution in [-0.2, 0) is 20.7 Å². The molecule has 0 saturated carbocycles. The van der Waals surface area contributed by atoms with Gasteiger partial charge in [0, 0.05) is 6.54 Å². The molecule has 1 saturated heterocycles. The predicted octanol–water partition coefficient (Wildman–Crippen LogP) is 3.21. The number of aryl methyl sites for hydroxylation is 1. The van der Waals surface area contributed by atoms with Crippen molar-refractivity contribution in [2.75, 3.05) is 6.54 Å². The summed E-state index contributed by atoms with van der Waals surface area (Å²) in [5, 5.41) is 12.9. The number of rotatable bonds is 7. The fourth-order valence-electron chi connectivity index (χ4n) is 3.63. The summed E-state index contributed by atoms with van der Waals surface area (Å²) in [6.07, 6.45) is 2.70. The number of amides is 1. The Morgan fingerprint density at radius 3 is 2.52 bits per heavy atom. The molecular weight excluding hydrogens is 366 g/mol. The molecule has 1 aromatic rings. The number of nitrogens with one attached hydrogen (secondary N) is 1. The lowest BCUT2D eigenvalue weighted by Crippen LogP contribution is -2.55. The number of nitrogens with zero attached hydrogens (tertiary/aromatic N) is 2. The number of nitriles is 1. The molecule has 6 nitrogen and oxygen atoms in total. The van der Waals surface area contributed by atoms with Gasteiger partial charge in [-0.2, -0.15) is 5.26 Å². The van der Waals surface area contributed by atoms with Crippen molar-refractivity contribution in [1.29, 1.82) is 5.26 Å². The molecule has 1 aromatic carbocycles. The number of carbonyl (C=O) groups excluding carboxylic acids is 2. The molecule has 1 heterocycles. The Balaban J connectivity index is 2.00. The van der Waals surface area contributed by atoms with Gasteiger partial charge in [0.15, 0.2) is 0 Å². The average molecular weight is 400 g/mol. The first-order valence-electron chi connectivity index (χ1n) is 10.3. The molecule has 3 atom stereocenters. The molecule has 29 heavy (non-hydrogen) atoms. The number of likely N-dealkylation sites (tertiary alicyclic amines) is 1. The molecule has 2 rings (SSSR count). The van der Waals surface area contributed by atoms with Crippen LogP contribution < -0.4 is 5.32 Å². The highest BCUT2D eigenvalue weighted by Gasteiger charge is 2.39. The molecule has 1 aliphatic rings. The topological polar surface area (TPSA) is 82.4 Å². The average Bonchev–Trinajstić information content (AvgIpc) is 3.15. The third kappa shape index (κ3) is 6.57. The molecular formula is C23H33N3O3. The molecule has 158 valence electrons. The summed E-state index contributed by atoms with van der Waals surface area (Å²) in [4.78, 5) is 27.1. The third-order valence-corrected chi connectivity index (χ3v) is 5.12. The predicted molar refractivity (Wildman–Crippen MR) is 112 cm³/mol. The quantitative estimate of drug-likeness (QED) is 0.712. The van der Waals surface area contributed by atoms with Gasteiger partial charge in [-0.1, -0.05) is 30.3 Å². The second kappa shape index (κ2) is 9.41. The van der Waals surface area contributed by atoms with Crippen LogP contribution in [0.4, 0.5) is 0 Å². The van der Waals surface area contributed by atoms with Crippen molar-refractivity contribution in [3.05, 3.63) is 35.9 Å². The first-order chi connectivity index (χ1) is 13.5. The zero-order valence-electron chi connectivity index (χ0n) is 18.2. The Morgan fingerprint density at radius 1 is 1.28 bits per heavy atom. The third-order valence-electron chi connectivity index (χ3n) is 5.12. The SMILES string of the molecule is C[C@H](NC(C)(C#N)CCc1ccccc1)C(=O)N1CCC[C@H]1C(=O)OC(C)(C)C. The van der Waals surface area contributed by atoms with Crippen molar-refractivity contribution >= 4 is 11.9 Å². The molecule has 6 heteroatoms. The molecule has 0 spiro atoms. The monoisotopic (exact) mass is 399 g/mol. The lowest BCUT2D eigenvalue weighted by atomic mass is 9.93. The minimum atomic E-state index is -0.841. The number of hydrogen-bond donors (Lipinski definition) is 1. The zero-order chi connectivity index (χ0) is 21.7. The summed E-state index contributed by atoms with van der Waals surface area (Å²) in [6, 6.07) is 11.2. The summed E-state index contributed by atoms with van der Waals surface area (Å²) < 4.78 is 5.49. The maximum atomic E-state index is 13.0. The van der Waals surface area contributed by atoms with Gasteiger partial charge in [-0.25, -0.2) is 4.79 Å². The van der Waals surface area contributed by atoms with Gasteiger partial charge in [-0.3, -0.25) is 10.1 Å². The standard InChI is InChI=1S/C23H33N3O3/c1-17(25-23(5,16-24)14-13-18-10-7-6-8-11-18)20(27)26-15-9-12-19(26)21(28)29-22(2,3)4/h6-8,10-11,17,19,25H,9,12-15H2,1-5H3/t17-,19-,23?/m0/s1. The summed E-state index contributed by atoms with van der Waals surface area (Å²) >= 11 is 0. The van der Waals surface area contributed by atoms with Crippen LogP contribution >= 0.6 is 0 Å². The Kier molecular flexibility index (Phi) is 7.43. The second-order valence-electron chi connectivity index (χ2n) is 9.02. The fourth-order valence-corrected chi connectivity index (χ4v) is 3.63. The van der Waals surface area contributed by atoms with Crippen molar-refractivity contribution in [3.63, 3.8) is 0 Å². The van der Waals surface area contributed by atoms with Gasteiger partial charge in [0.2, 0.25) is 5.91 Å². The molecule has 0 aliphatic carbocycles. The molecule has 1 fully saturated rings. The van der Waals surface area contributed by atoms with Crippen LogP contribution in [-0.4, -0.2) is 46.5 Å². The van der Waals surface area contributed by atoms with E-state index >= 15 is 0 Å². The number of esters is 1. The summed E-state index contributed by atoms with van der Waals surface area (Å²) in [7, 11) is 0. The smallest absolute Gasteiger partial charge is 0.329 e. The van der Waals surface area contributed by atoms with Gasteiger partial charge in [0.05, 0.1) is 12.1 Å². The van der Waals surface area contributed by atoms with E-state index in [-0.39, 0.29) is 11.9 Å². The molecule has 1 unspecified atom stereocenters. The van der Waals surface area contributed by atoms with Crippen LogP contribution in [0.15, 0.2) is 30.3 Å². The Labute approximate surface area is 174 Å². The number of ether oxygens (including phenoxy) is 1. The highest BCUT2D eigenvalue weighted by Crippen LogP contribution is 2.23. The maximum absolute atomic E-state index is 13.0. The van der Waals surface area contributed by atoms with Gasteiger partial charge < -0.3 is 9.64 Å². The summed E-state index contributed by atoms with van der Waals surface area (Å²) in [5.41, 5.74) is -0.277. The largest absolute Gasteiger partial charge is 0.458 e. The van der Waals surface area contributed by atoms with E-state index in [2.05, 4.69) is 11.4 Å². The maximum Gasteiger partial charge on any atom is 0.329 e. The van der Waals surface area contributed by atoms with E-state index in [0.29, 0.717) is 19.4 Å². The van der Waals surface area contributed by atoms with Crippen LogP contribution in [0.5, 0.6) is 0 Å². The fraction of sp³-hybridized carbons (Fsp3) is 0.609. The normalized spacial score (nSPS) is 19.9. The number of hydrogen-bond acceptors (Lipinski definition) is 5. The van der Waals surface area contributed by atoms with E-state index in [1.807, 2.05) is 58.0 Å². The van der Waals surface area contributed by atoms with E-state index in [0.717, 1.165) is 18.4 Å². The van der Waals surface area contributed by atoms with Crippen molar-refractivity contribution in [3.8, 4) is 6.07 Å². The van der Waals surface area contributed by atoms with Gasteiger partial charge in [0.25, 0.3) is 0 Å².